The molecule has 4 N–H and O–H groups in total. The fourth-order valence-electron chi connectivity index (χ4n) is 0.730. The molecular formula is C9H18N4O3. The molecule has 0 radical (unpaired) electrons. The average molecular weight is 230 g/mol. The zero-order valence-corrected chi connectivity index (χ0v) is 9.94. The number of amides is 1. The summed E-state index contributed by atoms with van der Waals surface area (Å²) >= 11 is 0. The van der Waals surface area contributed by atoms with Gasteiger partial charge in [0.05, 0.1) is 18.0 Å². The first-order chi connectivity index (χ1) is 7.17. The van der Waals surface area contributed by atoms with E-state index in [1.54, 1.807) is 20.8 Å². The molecular weight excluding hydrogens is 212 g/mol. The van der Waals surface area contributed by atoms with Crippen molar-refractivity contribution in [3.63, 3.8) is 0 Å². The third-order valence-corrected chi connectivity index (χ3v) is 1.54. The van der Waals surface area contributed by atoms with Gasteiger partial charge in [-0.25, -0.2) is 15.6 Å². The summed E-state index contributed by atoms with van der Waals surface area (Å²) in [6.07, 6.45) is -0.733. The highest BCUT2D eigenvalue weighted by molar-refractivity contribution is 6.41. The van der Waals surface area contributed by atoms with Crippen molar-refractivity contribution in [1.82, 2.24) is 5.01 Å². The maximum atomic E-state index is 11.4. The largest absolute Gasteiger partial charge is 0.443 e. The van der Waals surface area contributed by atoms with Gasteiger partial charge >= 0.3 is 6.09 Å². The maximum Gasteiger partial charge on any atom is 0.424 e. The molecule has 0 aromatic rings. The normalized spacial score (nSPS) is 12.2. The van der Waals surface area contributed by atoms with Crippen LogP contribution in [0.25, 0.3) is 0 Å². The molecule has 0 rings (SSSR count). The van der Waals surface area contributed by atoms with Crippen LogP contribution < -0.4 is 5.84 Å². The Hall–Kier alpha value is -1.63. The summed E-state index contributed by atoms with van der Waals surface area (Å²) in [7, 11) is 0. The van der Waals surface area contributed by atoms with Crippen LogP contribution in [0.2, 0.25) is 0 Å². The minimum Gasteiger partial charge on any atom is -0.443 e. The summed E-state index contributed by atoms with van der Waals surface area (Å²) in [5.74, 6) is 5.40. The third-order valence-electron chi connectivity index (χ3n) is 1.54. The molecule has 0 fully saturated rings. The first-order valence-electron chi connectivity index (χ1n) is 4.69. The van der Waals surface area contributed by atoms with E-state index in [-0.39, 0.29) is 18.0 Å². The van der Waals surface area contributed by atoms with Gasteiger partial charge in [-0.15, -0.1) is 0 Å². The Morgan fingerprint density at radius 3 is 2.44 bits per heavy atom. The number of oxime groups is 1. The van der Waals surface area contributed by atoms with Crippen molar-refractivity contribution in [2.45, 2.75) is 33.3 Å². The number of carbonyl (C=O) groups excluding carboxylic acids is 1. The Labute approximate surface area is 94.3 Å². The lowest BCUT2D eigenvalue weighted by molar-refractivity contribution is 0.0277. The molecule has 0 saturated heterocycles. The van der Waals surface area contributed by atoms with E-state index >= 15 is 0 Å². The van der Waals surface area contributed by atoms with Gasteiger partial charge in [-0.2, -0.15) is 0 Å². The molecule has 0 aromatic carbocycles. The summed E-state index contributed by atoms with van der Waals surface area (Å²) in [4.78, 5) is 11.4. The van der Waals surface area contributed by atoms with Crippen molar-refractivity contribution in [1.29, 1.82) is 5.41 Å². The fourth-order valence-corrected chi connectivity index (χ4v) is 0.730. The third kappa shape index (κ3) is 5.30. The summed E-state index contributed by atoms with van der Waals surface area (Å²) in [6.45, 7) is 6.40. The lowest BCUT2D eigenvalue weighted by Gasteiger charge is -2.24. The molecule has 0 aromatic heterocycles. The Bertz CT molecular complexity index is 306. The first kappa shape index (κ1) is 14.4. The number of nitrogens with zero attached hydrogens (tertiary/aromatic N) is 2. The predicted octanol–water partition coefficient (Wildman–Crippen LogP) is 0.967. The van der Waals surface area contributed by atoms with E-state index < -0.39 is 11.7 Å². The first-order valence-corrected chi connectivity index (χ1v) is 4.69. The number of hydrogen-bond acceptors (Lipinski definition) is 6. The highest BCUT2D eigenvalue weighted by Crippen LogP contribution is 2.08. The van der Waals surface area contributed by atoms with Gasteiger partial charge in [0.25, 0.3) is 0 Å². The quantitative estimate of drug-likeness (QED) is 0.220. The van der Waals surface area contributed by atoms with Gasteiger partial charge < -0.3 is 15.4 Å². The highest BCUT2D eigenvalue weighted by atomic mass is 16.6. The van der Waals surface area contributed by atoms with Crippen LogP contribution in [0.5, 0.6) is 0 Å². The van der Waals surface area contributed by atoms with E-state index in [9.17, 15) is 4.79 Å². The van der Waals surface area contributed by atoms with E-state index in [4.69, 9.17) is 21.2 Å². The molecule has 0 aliphatic rings. The molecule has 0 saturated carbocycles. The summed E-state index contributed by atoms with van der Waals surface area (Å²) in [6, 6.07) is 0. The molecule has 92 valence electrons. The Morgan fingerprint density at radius 2 is 2.06 bits per heavy atom. The molecule has 16 heavy (non-hydrogen) atoms. The van der Waals surface area contributed by atoms with Crippen LogP contribution in [-0.4, -0.2) is 39.9 Å². The number of ether oxygens (including phenoxy) is 1. The van der Waals surface area contributed by atoms with Crippen LogP contribution in [0, 0.1) is 5.41 Å². The van der Waals surface area contributed by atoms with Gasteiger partial charge in [0.1, 0.15) is 5.60 Å². The molecule has 0 atom stereocenters. The van der Waals surface area contributed by atoms with Gasteiger partial charge in [-0.05, 0) is 27.7 Å². The topological polar surface area (TPSA) is 112 Å². The van der Waals surface area contributed by atoms with Crippen LogP contribution in [0.15, 0.2) is 5.16 Å². The second-order valence-electron chi connectivity index (χ2n) is 4.27. The highest BCUT2D eigenvalue weighted by Gasteiger charge is 2.21. The van der Waals surface area contributed by atoms with Gasteiger partial charge in [-0.1, -0.05) is 5.16 Å². The summed E-state index contributed by atoms with van der Waals surface area (Å²) in [5.41, 5.74) is -0.605. The fraction of sp³-hybridized carbons (Fsp3) is 0.667. The average Bonchev–Trinajstić information content (AvgIpc) is 2.13. The SMILES string of the molecule is C/C(=N/O)C(=N)CN(N)C(=O)OC(C)(C)C. The molecule has 7 nitrogen and oxygen atoms in total. The zero-order valence-electron chi connectivity index (χ0n) is 9.94. The van der Waals surface area contributed by atoms with Crippen LogP contribution in [0.1, 0.15) is 27.7 Å². The van der Waals surface area contributed by atoms with E-state index in [1.165, 1.54) is 6.92 Å². The molecule has 0 bridgehead atoms. The Balaban J connectivity index is 4.32. The number of nitrogens with two attached hydrogens (primary N) is 1. The van der Waals surface area contributed by atoms with Crippen molar-refractivity contribution in [3.05, 3.63) is 0 Å². The van der Waals surface area contributed by atoms with Gasteiger partial charge in [0, 0.05) is 0 Å². The van der Waals surface area contributed by atoms with Gasteiger partial charge in [0.2, 0.25) is 0 Å². The maximum absolute atomic E-state index is 11.4. The van der Waals surface area contributed by atoms with Crippen molar-refractivity contribution >= 4 is 17.5 Å². The minimum absolute atomic E-state index is 0.0594. The molecule has 0 aliphatic heterocycles. The molecule has 0 aliphatic carbocycles. The van der Waals surface area contributed by atoms with E-state index in [1.807, 2.05) is 0 Å². The molecule has 7 heteroatoms. The van der Waals surface area contributed by atoms with Gasteiger partial charge in [0.15, 0.2) is 0 Å². The van der Waals surface area contributed by atoms with E-state index in [0.717, 1.165) is 5.01 Å². The van der Waals surface area contributed by atoms with Crippen LogP contribution in [0.3, 0.4) is 0 Å². The van der Waals surface area contributed by atoms with Crippen molar-refractivity contribution in [2.24, 2.45) is 11.0 Å². The number of rotatable bonds is 3. The predicted molar refractivity (Wildman–Crippen MR) is 59.7 cm³/mol. The number of carbonyl (C=O) groups is 1. The molecule has 1 amide bonds. The number of hydrazine groups is 1. The van der Waals surface area contributed by atoms with Crippen molar-refractivity contribution in [2.75, 3.05) is 6.54 Å². The molecule has 0 unspecified atom stereocenters. The number of nitrogens with one attached hydrogen (secondary N) is 1. The van der Waals surface area contributed by atoms with Crippen molar-refractivity contribution in [3.8, 4) is 0 Å². The molecule has 0 heterocycles. The van der Waals surface area contributed by atoms with E-state index in [0.29, 0.717) is 0 Å². The Morgan fingerprint density at radius 1 is 1.56 bits per heavy atom. The number of hydrogen-bond donors (Lipinski definition) is 3. The summed E-state index contributed by atoms with van der Waals surface area (Å²) < 4.78 is 4.98. The van der Waals surface area contributed by atoms with E-state index in [2.05, 4.69) is 5.16 Å². The van der Waals surface area contributed by atoms with Crippen LogP contribution in [0.4, 0.5) is 4.79 Å². The second kappa shape index (κ2) is 5.45. The minimum atomic E-state index is -0.733. The standard InChI is InChI=1S/C9H18N4O3/c1-6(12-15)7(10)5-13(11)8(14)16-9(2,3)4/h10,15H,5,11H2,1-4H3/b10-7?,12-6-. The van der Waals surface area contributed by atoms with Crippen molar-refractivity contribution < 1.29 is 14.7 Å². The van der Waals surface area contributed by atoms with Crippen LogP contribution >= 0.6 is 0 Å². The van der Waals surface area contributed by atoms with Gasteiger partial charge in [-0.3, -0.25) is 0 Å². The Kier molecular flexibility index (Phi) is 4.90. The lowest BCUT2D eigenvalue weighted by Crippen LogP contribution is -2.45. The summed E-state index contributed by atoms with van der Waals surface area (Å²) in [5, 5.41) is 19.4. The second-order valence-corrected chi connectivity index (χ2v) is 4.27. The lowest BCUT2D eigenvalue weighted by atomic mass is 10.2. The smallest absolute Gasteiger partial charge is 0.424 e. The molecule has 0 spiro atoms. The van der Waals surface area contributed by atoms with Crippen LogP contribution in [-0.2, 0) is 4.74 Å². The zero-order chi connectivity index (χ0) is 12.9. The monoisotopic (exact) mass is 230 g/mol.